The van der Waals surface area contributed by atoms with Crippen LogP contribution in [0.5, 0.6) is 0 Å². The van der Waals surface area contributed by atoms with Crippen LogP contribution in [-0.4, -0.2) is 30.7 Å². The number of hydrogen-bond donors (Lipinski definition) is 1. The van der Waals surface area contributed by atoms with Crippen molar-refractivity contribution in [2.75, 3.05) is 6.54 Å². The molecular weight excluding hydrogens is 418 g/mol. The zero-order valence-corrected chi connectivity index (χ0v) is 19.2. The van der Waals surface area contributed by atoms with Gasteiger partial charge in [-0.3, -0.25) is 4.79 Å². The molecule has 0 saturated heterocycles. The first-order valence-corrected chi connectivity index (χ1v) is 13.0. The fraction of sp³-hybridized carbons (Fsp3) is 0.591. The summed E-state index contributed by atoms with van der Waals surface area (Å²) < 4.78 is 29.3. The van der Waals surface area contributed by atoms with Crippen LogP contribution in [0.1, 0.15) is 54.3 Å². The van der Waals surface area contributed by atoms with Gasteiger partial charge in [0.05, 0.1) is 4.90 Å². The van der Waals surface area contributed by atoms with Crippen LogP contribution in [0.15, 0.2) is 23.4 Å². The number of aryl methyl sites for hydroxylation is 1. The Labute approximate surface area is 182 Å². The molecule has 2 aromatic heterocycles. The van der Waals surface area contributed by atoms with Crippen molar-refractivity contribution in [3.63, 3.8) is 0 Å². The Morgan fingerprint density at radius 1 is 1.23 bits per heavy atom. The predicted octanol–water partition coefficient (Wildman–Crippen LogP) is 3.34. The van der Waals surface area contributed by atoms with Gasteiger partial charge >= 0.3 is 0 Å². The van der Waals surface area contributed by atoms with Gasteiger partial charge in [0.15, 0.2) is 0 Å². The Bertz CT molecular complexity index is 1010. The number of thiophene rings is 1. The van der Waals surface area contributed by atoms with E-state index in [4.69, 9.17) is 0 Å². The maximum atomic E-state index is 13.3. The van der Waals surface area contributed by atoms with Gasteiger partial charge in [-0.25, -0.2) is 23.1 Å². The van der Waals surface area contributed by atoms with Crippen molar-refractivity contribution in [3.8, 4) is 0 Å². The van der Waals surface area contributed by atoms with Gasteiger partial charge < -0.3 is 0 Å². The second-order valence-electron chi connectivity index (χ2n) is 8.90. The minimum absolute atomic E-state index is 0.131. The first-order valence-electron chi connectivity index (χ1n) is 10.7. The summed E-state index contributed by atoms with van der Waals surface area (Å²) in [5, 5.41) is 0. The Morgan fingerprint density at radius 2 is 1.97 bits per heavy atom. The molecule has 30 heavy (non-hydrogen) atoms. The number of carbonyl (C=O) groups is 1. The first-order chi connectivity index (χ1) is 14.3. The van der Waals surface area contributed by atoms with Gasteiger partial charge in [0, 0.05) is 47.5 Å². The number of ketones is 1. The van der Waals surface area contributed by atoms with Gasteiger partial charge in [-0.1, -0.05) is 13.8 Å². The monoisotopic (exact) mass is 447 g/mol. The molecule has 0 spiro atoms. The van der Waals surface area contributed by atoms with Crippen LogP contribution in [0.2, 0.25) is 0 Å². The normalized spacial score (nSPS) is 19.1. The summed E-state index contributed by atoms with van der Waals surface area (Å²) in [7, 11) is -3.65. The summed E-state index contributed by atoms with van der Waals surface area (Å²) in [4.78, 5) is 23.4. The van der Waals surface area contributed by atoms with Crippen molar-refractivity contribution < 1.29 is 13.2 Å². The van der Waals surface area contributed by atoms with Crippen molar-refractivity contribution in [2.24, 2.45) is 17.8 Å². The fourth-order valence-corrected chi connectivity index (χ4v) is 7.41. The van der Waals surface area contributed by atoms with Gasteiger partial charge in [-0.2, -0.15) is 0 Å². The molecule has 0 radical (unpaired) electrons. The lowest BCUT2D eigenvalue weighted by atomic mass is 9.86. The zero-order chi connectivity index (χ0) is 21.3. The zero-order valence-electron chi connectivity index (χ0n) is 17.6. The SMILES string of the molecule is CC(C)CNS(=O)(=O)c1c(CC(=O)C2CC2)sc2c1CC(Cc1ncccn1)CC2. The highest BCUT2D eigenvalue weighted by Crippen LogP contribution is 2.41. The van der Waals surface area contributed by atoms with E-state index in [2.05, 4.69) is 14.7 Å². The Hall–Kier alpha value is -1.64. The maximum absolute atomic E-state index is 13.3. The van der Waals surface area contributed by atoms with Crippen LogP contribution in [0.3, 0.4) is 0 Å². The molecule has 162 valence electrons. The maximum Gasteiger partial charge on any atom is 0.241 e. The summed E-state index contributed by atoms with van der Waals surface area (Å²) in [5.74, 6) is 1.64. The van der Waals surface area contributed by atoms with Gasteiger partial charge in [0.1, 0.15) is 11.6 Å². The highest BCUT2D eigenvalue weighted by molar-refractivity contribution is 7.89. The van der Waals surface area contributed by atoms with Crippen molar-refractivity contribution in [1.82, 2.24) is 14.7 Å². The van der Waals surface area contributed by atoms with E-state index in [0.29, 0.717) is 23.8 Å². The van der Waals surface area contributed by atoms with Crippen LogP contribution >= 0.6 is 11.3 Å². The second kappa shape index (κ2) is 8.85. The number of aromatic nitrogens is 2. The molecule has 2 aliphatic rings. The smallest absolute Gasteiger partial charge is 0.241 e. The number of nitrogens with zero attached hydrogens (tertiary/aromatic N) is 2. The Balaban J connectivity index is 1.64. The van der Waals surface area contributed by atoms with Crippen LogP contribution in [0.25, 0.3) is 0 Å². The minimum Gasteiger partial charge on any atom is -0.299 e. The molecular formula is C22H29N3O3S2. The average Bonchev–Trinajstić information content (AvgIpc) is 3.49. The number of rotatable bonds is 9. The third-order valence-electron chi connectivity index (χ3n) is 5.79. The molecule has 8 heteroatoms. The predicted molar refractivity (Wildman–Crippen MR) is 117 cm³/mol. The van der Waals surface area contributed by atoms with Crippen LogP contribution in [0.4, 0.5) is 0 Å². The number of nitrogens with one attached hydrogen (secondary N) is 1. The first kappa shape index (κ1) is 21.6. The quantitative estimate of drug-likeness (QED) is 0.637. The van der Waals surface area contributed by atoms with E-state index >= 15 is 0 Å². The van der Waals surface area contributed by atoms with E-state index in [9.17, 15) is 13.2 Å². The lowest BCUT2D eigenvalue weighted by molar-refractivity contribution is -0.119. The molecule has 1 atom stereocenters. The molecule has 6 nitrogen and oxygen atoms in total. The lowest BCUT2D eigenvalue weighted by Gasteiger charge is -2.22. The van der Waals surface area contributed by atoms with Gasteiger partial charge in [-0.05, 0) is 55.6 Å². The molecule has 0 amide bonds. The van der Waals surface area contributed by atoms with E-state index in [1.54, 1.807) is 18.5 Å². The Kier molecular flexibility index (Phi) is 6.36. The molecule has 2 heterocycles. The topological polar surface area (TPSA) is 89.0 Å². The number of hydrogen-bond acceptors (Lipinski definition) is 6. The number of carbonyl (C=O) groups excluding carboxylic acids is 1. The Morgan fingerprint density at radius 3 is 2.63 bits per heavy atom. The van der Waals surface area contributed by atoms with Crippen molar-refractivity contribution in [1.29, 1.82) is 0 Å². The summed E-state index contributed by atoms with van der Waals surface area (Å²) >= 11 is 1.53. The molecule has 4 rings (SSSR count). The van der Waals surface area contributed by atoms with Crippen LogP contribution in [-0.2, 0) is 40.5 Å². The minimum atomic E-state index is -3.65. The number of fused-ring (bicyclic) bond motifs is 1. The van der Waals surface area contributed by atoms with Crippen molar-refractivity contribution >= 4 is 27.1 Å². The lowest BCUT2D eigenvalue weighted by Crippen LogP contribution is -2.29. The molecule has 2 aliphatic carbocycles. The summed E-state index contributed by atoms with van der Waals surface area (Å²) in [6.45, 7) is 4.36. The van der Waals surface area contributed by atoms with E-state index in [0.717, 1.165) is 53.2 Å². The van der Waals surface area contributed by atoms with Crippen LogP contribution < -0.4 is 4.72 Å². The summed E-state index contributed by atoms with van der Waals surface area (Å²) in [6.07, 6.45) is 8.89. The standard InChI is InChI=1S/C22H29N3O3S2/c1-14(2)13-25-30(27,28)22-17-10-15(11-21-23-8-3-9-24-21)4-7-19(17)29-20(22)12-18(26)16-5-6-16/h3,8-9,14-16,25H,4-7,10-13H2,1-2H3. The van der Waals surface area contributed by atoms with E-state index in [-0.39, 0.29) is 24.0 Å². The fourth-order valence-electron chi connectivity index (χ4n) is 4.04. The third-order valence-corrected chi connectivity index (χ3v) is 8.79. The van der Waals surface area contributed by atoms with Crippen molar-refractivity contribution in [3.05, 3.63) is 39.6 Å². The van der Waals surface area contributed by atoms with Crippen molar-refractivity contribution in [2.45, 2.75) is 63.7 Å². The summed E-state index contributed by atoms with van der Waals surface area (Å²) in [5.41, 5.74) is 0.919. The molecule has 0 bridgehead atoms. The van der Waals surface area contributed by atoms with Gasteiger partial charge in [0.2, 0.25) is 10.0 Å². The molecule has 0 aromatic carbocycles. The van der Waals surface area contributed by atoms with Gasteiger partial charge in [0.25, 0.3) is 0 Å². The van der Waals surface area contributed by atoms with E-state index < -0.39 is 10.0 Å². The average molecular weight is 448 g/mol. The molecule has 1 unspecified atom stereocenters. The summed E-state index contributed by atoms with van der Waals surface area (Å²) in [6, 6.07) is 1.80. The largest absolute Gasteiger partial charge is 0.299 e. The molecule has 2 aromatic rings. The van der Waals surface area contributed by atoms with Crippen LogP contribution in [0, 0.1) is 17.8 Å². The molecule has 1 N–H and O–H groups in total. The molecule has 1 saturated carbocycles. The molecule has 0 aliphatic heterocycles. The van der Waals surface area contributed by atoms with E-state index in [1.807, 2.05) is 13.8 Å². The number of sulfonamides is 1. The highest BCUT2D eigenvalue weighted by Gasteiger charge is 2.35. The second-order valence-corrected chi connectivity index (χ2v) is 11.8. The third kappa shape index (κ3) is 4.98. The number of Topliss-reactive ketones (excluding diaryl/α,β-unsaturated/α-hetero) is 1. The van der Waals surface area contributed by atoms with E-state index in [1.165, 1.54) is 11.3 Å². The highest BCUT2D eigenvalue weighted by atomic mass is 32.2. The van der Waals surface area contributed by atoms with Gasteiger partial charge in [-0.15, -0.1) is 11.3 Å². The molecule has 1 fully saturated rings.